The van der Waals surface area contributed by atoms with Crippen molar-refractivity contribution < 1.29 is 4.79 Å². The number of amides is 1. The average Bonchev–Trinajstić information content (AvgIpc) is 2.83. The van der Waals surface area contributed by atoms with Crippen LogP contribution in [0.5, 0.6) is 0 Å². The summed E-state index contributed by atoms with van der Waals surface area (Å²) >= 11 is 1.30. The van der Waals surface area contributed by atoms with E-state index in [-0.39, 0.29) is 17.2 Å². The molecule has 0 aliphatic heterocycles. The van der Waals surface area contributed by atoms with Gasteiger partial charge >= 0.3 is 0 Å². The third kappa shape index (κ3) is 4.92. The van der Waals surface area contributed by atoms with Crippen molar-refractivity contribution in [1.29, 1.82) is 0 Å². The Morgan fingerprint density at radius 1 is 0.969 bits per heavy atom. The smallest absolute Gasteiger partial charge is 0.262 e. The molecule has 0 radical (unpaired) electrons. The summed E-state index contributed by atoms with van der Waals surface area (Å²) in [4.78, 5) is 30.5. The number of unbranched alkanes of at least 4 members (excludes halogenated alkanes) is 1. The molecule has 3 aromatic carbocycles. The highest BCUT2D eigenvalue weighted by molar-refractivity contribution is 7.99. The number of rotatable bonds is 8. The van der Waals surface area contributed by atoms with Gasteiger partial charge in [0, 0.05) is 17.8 Å². The maximum atomic E-state index is 13.0. The zero-order valence-corrected chi connectivity index (χ0v) is 18.8. The lowest BCUT2D eigenvalue weighted by Crippen LogP contribution is -2.24. The van der Waals surface area contributed by atoms with Gasteiger partial charge in [0.15, 0.2) is 5.16 Å². The van der Waals surface area contributed by atoms with Crippen LogP contribution in [0.4, 0.5) is 5.69 Å². The van der Waals surface area contributed by atoms with E-state index in [2.05, 4.69) is 17.2 Å². The van der Waals surface area contributed by atoms with Crippen LogP contribution in [0.25, 0.3) is 22.0 Å². The molecule has 4 rings (SSSR count). The first-order chi connectivity index (χ1) is 15.7. The first kappa shape index (κ1) is 21.8. The molecule has 0 aliphatic carbocycles. The Morgan fingerprint density at radius 2 is 1.69 bits per heavy atom. The fourth-order valence-corrected chi connectivity index (χ4v) is 4.37. The molecule has 6 heteroatoms. The minimum atomic E-state index is -0.136. The molecule has 0 bridgehead atoms. The van der Waals surface area contributed by atoms with Gasteiger partial charge in [-0.25, -0.2) is 4.98 Å². The van der Waals surface area contributed by atoms with Crippen LogP contribution >= 0.6 is 11.8 Å². The lowest BCUT2D eigenvalue weighted by Gasteiger charge is -2.14. The zero-order valence-electron chi connectivity index (χ0n) is 18.0. The van der Waals surface area contributed by atoms with E-state index in [1.54, 1.807) is 10.6 Å². The molecule has 5 nitrogen and oxygen atoms in total. The molecule has 1 aromatic heterocycles. The predicted molar refractivity (Wildman–Crippen MR) is 132 cm³/mol. The standard InChI is InChI=1S/C26H25N3O2S/c1-2-3-17-29-25(31)21-14-8-10-16-23(21)28-26(29)32-18-24(30)27-22-15-9-7-13-20(22)19-11-5-4-6-12-19/h4-16H,2-3,17-18H2,1H3,(H,27,30). The zero-order chi connectivity index (χ0) is 22.3. The first-order valence-corrected chi connectivity index (χ1v) is 11.7. The Labute approximate surface area is 191 Å². The Bertz CT molecular complexity index is 1290. The third-order valence-electron chi connectivity index (χ3n) is 5.18. The van der Waals surface area contributed by atoms with Crippen LogP contribution < -0.4 is 10.9 Å². The van der Waals surface area contributed by atoms with Gasteiger partial charge in [-0.15, -0.1) is 0 Å². The molecule has 0 unspecified atom stereocenters. The molecule has 0 saturated carbocycles. The average molecular weight is 444 g/mol. The molecule has 32 heavy (non-hydrogen) atoms. The van der Waals surface area contributed by atoms with E-state index >= 15 is 0 Å². The van der Waals surface area contributed by atoms with Crippen LogP contribution in [-0.2, 0) is 11.3 Å². The molecule has 1 amide bonds. The summed E-state index contributed by atoms with van der Waals surface area (Å²) in [5, 5.41) is 4.20. The van der Waals surface area contributed by atoms with Gasteiger partial charge in [0.2, 0.25) is 5.91 Å². The van der Waals surface area contributed by atoms with Crippen LogP contribution in [0.2, 0.25) is 0 Å². The second-order valence-corrected chi connectivity index (χ2v) is 8.41. The molecule has 0 fully saturated rings. The van der Waals surface area contributed by atoms with E-state index in [4.69, 9.17) is 0 Å². The van der Waals surface area contributed by atoms with Gasteiger partial charge in [-0.1, -0.05) is 85.8 Å². The number of benzene rings is 3. The number of hydrogen-bond donors (Lipinski definition) is 1. The van der Waals surface area contributed by atoms with Crippen LogP contribution in [-0.4, -0.2) is 21.2 Å². The number of thioether (sulfide) groups is 1. The second kappa shape index (κ2) is 10.3. The number of fused-ring (bicyclic) bond motifs is 1. The minimum absolute atomic E-state index is 0.0543. The Hall–Kier alpha value is -3.38. The monoisotopic (exact) mass is 443 g/mol. The van der Waals surface area contributed by atoms with Crippen LogP contribution in [0.3, 0.4) is 0 Å². The van der Waals surface area contributed by atoms with Gasteiger partial charge in [0.05, 0.1) is 16.7 Å². The number of anilines is 1. The summed E-state index contributed by atoms with van der Waals surface area (Å²) in [6, 6.07) is 25.1. The molecule has 1 heterocycles. The topological polar surface area (TPSA) is 64.0 Å². The highest BCUT2D eigenvalue weighted by Gasteiger charge is 2.14. The lowest BCUT2D eigenvalue weighted by molar-refractivity contribution is -0.113. The van der Waals surface area contributed by atoms with Crippen molar-refractivity contribution in [2.45, 2.75) is 31.5 Å². The van der Waals surface area contributed by atoms with Gasteiger partial charge in [0.1, 0.15) is 0 Å². The third-order valence-corrected chi connectivity index (χ3v) is 6.16. The number of carbonyl (C=O) groups is 1. The molecule has 0 aliphatic rings. The molecule has 162 valence electrons. The van der Waals surface area contributed by atoms with Crippen molar-refractivity contribution in [2.75, 3.05) is 11.1 Å². The van der Waals surface area contributed by atoms with Crippen molar-refractivity contribution in [1.82, 2.24) is 9.55 Å². The Kier molecular flexibility index (Phi) is 7.02. The van der Waals surface area contributed by atoms with E-state index in [0.29, 0.717) is 22.6 Å². The summed E-state index contributed by atoms with van der Waals surface area (Å²) in [5.74, 6) is 0.0304. The molecule has 1 N–H and O–H groups in total. The molecule has 0 saturated heterocycles. The van der Waals surface area contributed by atoms with E-state index in [9.17, 15) is 9.59 Å². The van der Waals surface area contributed by atoms with E-state index in [0.717, 1.165) is 29.7 Å². The van der Waals surface area contributed by atoms with Gasteiger partial charge in [-0.2, -0.15) is 0 Å². The summed E-state index contributed by atoms with van der Waals surface area (Å²) in [7, 11) is 0. The number of nitrogens with zero attached hydrogens (tertiary/aromatic N) is 2. The Morgan fingerprint density at radius 3 is 2.50 bits per heavy atom. The summed E-state index contributed by atoms with van der Waals surface area (Å²) in [6.07, 6.45) is 1.85. The van der Waals surface area contributed by atoms with Gasteiger partial charge < -0.3 is 5.32 Å². The summed E-state index contributed by atoms with van der Waals surface area (Å²) in [5.41, 5.74) is 3.37. The second-order valence-electron chi connectivity index (χ2n) is 7.47. The van der Waals surface area contributed by atoms with Crippen molar-refractivity contribution in [3.8, 4) is 11.1 Å². The van der Waals surface area contributed by atoms with Crippen LogP contribution in [0.1, 0.15) is 19.8 Å². The molecular formula is C26H25N3O2S. The van der Waals surface area contributed by atoms with Crippen LogP contribution in [0, 0.1) is 0 Å². The molecule has 0 spiro atoms. The maximum absolute atomic E-state index is 13.0. The van der Waals surface area contributed by atoms with Crippen LogP contribution in [0.15, 0.2) is 88.8 Å². The first-order valence-electron chi connectivity index (χ1n) is 10.7. The van der Waals surface area contributed by atoms with E-state index in [1.807, 2.05) is 72.8 Å². The molecular weight excluding hydrogens is 418 g/mol. The van der Waals surface area contributed by atoms with Gasteiger partial charge in [-0.05, 0) is 30.2 Å². The minimum Gasteiger partial charge on any atom is -0.325 e. The Balaban J connectivity index is 1.54. The van der Waals surface area contributed by atoms with Crippen molar-refractivity contribution in [2.24, 2.45) is 0 Å². The quantitative estimate of drug-likeness (QED) is 0.285. The van der Waals surface area contributed by atoms with E-state index < -0.39 is 0 Å². The van der Waals surface area contributed by atoms with Crippen molar-refractivity contribution in [3.05, 3.63) is 89.2 Å². The number of hydrogen-bond acceptors (Lipinski definition) is 4. The molecule has 4 aromatic rings. The fraction of sp³-hybridized carbons (Fsp3) is 0.192. The number of carbonyl (C=O) groups excluding carboxylic acids is 1. The highest BCUT2D eigenvalue weighted by Crippen LogP contribution is 2.28. The molecule has 0 atom stereocenters. The summed E-state index contributed by atoms with van der Waals surface area (Å²) < 4.78 is 1.70. The highest BCUT2D eigenvalue weighted by atomic mass is 32.2. The number of nitrogens with one attached hydrogen (secondary N) is 1. The van der Waals surface area contributed by atoms with Crippen molar-refractivity contribution in [3.63, 3.8) is 0 Å². The van der Waals surface area contributed by atoms with Crippen molar-refractivity contribution >= 4 is 34.3 Å². The maximum Gasteiger partial charge on any atom is 0.262 e. The fourth-order valence-electron chi connectivity index (χ4n) is 3.55. The van der Waals surface area contributed by atoms with Gasteiger partial charge in [-0.3, -0.25) is 14.2 Å². The SMILES string of the molecule is CCCCn1c(SCC(=O)Nc2ccccc2-c2ccccc2)nc2ccccc2c1=O. The number of aromatic nitrogens is 2. The normalized spacial score (nSPS) is 10.9. The largest absolute Gasteiger partial charge is 0.325 e. The van der Waals surface area contributed by atoms with Gasteiger partial charge in [0.25, 0.3) is 5.56 Å². The lowest BCUT2D eigenvalue weighted by atomic mass is 10.0. The number of para-hydroxylation sites is 2. The predicted octanol–water partition coefficient (Wildman–Crippen LogP) is 5.59. The van der Waals surface area contributed by atoms with E-state index in [1.165, 1.54) is 11.8 Å². The summed E-state index contributed by atoms with van der Waals surface area (Å²) in [6.45, 7) is 2.68.